The van der Waals surface area contributed by atoms with Gasteiger partial charge in [0.2, 0.25) is 5.88 Å². The number of pyridine rings is 1. The summed E-state index contributed by atoms with van der Waals surface area (Å²) in [6.07, 6.45) is -3.07. The van der Waals surface area contributed by atoms with Crippen molar-refractivity contribution >= 4 is 29.9 Å². The first-order valence-electron chi connectivity index (χ1n) is 8.75. The Hall–Kier alpha value is -1.30. The van der Waals surface area contributed by atoms with E-state index in [0.29, 0.717) is 24.6 Å². The second-order valence-corrected chi connectivity index (χ2v) is 7.04. The van der Waals surface area contributed by atoms with Crippen LogP contribution in [0.5, 0.6) is 5.88 Å². The fourth-order valence-corrected chi connectivity index (χ4v) is 2.26. The molecule has 0 saturated carbocycles. The number of rotatable bonds is 8. The molecule has 162 valence electrons. The minimum Gasteiger partial charge on any atom is -0.468 e. The molecule has 0 saturated heterocycles. The second-order valence-electron chi connectivity index (χ2n) is 7.04. The van der Waals surface area contributed by atoms with Crippen molar-refractivity contribution in [2.45, 2.75) is 46.5 Å². The highest BCUT2D eigenvalue weighted by Crippen LogP contribution is 2.22. The Kier molecular flexibility index (Phi) is 11.7. The second kappa shape index (κ2) is 12.3. The number of alkyl halides is 3. The van der Waals surface area contributed by atoms with E-state index in [1.54, 1.807) is 19.2 Å². The first kappa shape index (κ1) is 26.7. The van der Waals surface area contributed by atoms with Crippen LogP contribution >= 0.6 is 24.0 Å². The van der Waals surface area contributed by atoms with Crippen LogP contribution in [0.25, 0.3) is 0 Å². The molecule has 10 heteroatoms. The van der Waals surface area contributed by atoms with E-state index in [1.165, 1.54) is 6.20 Å². The molecule has 0 spiro atoms. The fraction of sp³-hybridized carbons (Fsp3) is 0.667. The normalized spacial score (nSPS) is 13.5. The molecule has 1 rings (SSSR count). The molecule has 0 aliphatic carbocycles. The van der Waals surface area contributed by atoms with Crippen molar-refractivity contribution in [1.82, 2.24) is 15.6 Å². The van der Waals surface area contributed by atoms with Crippen LogP contribution in [0, 0.1) is 5.41 Å². The number of nitrogens with zero attached hydrogens (tertiary/aromatic N) is 2. The third-order valence-corrected chi connectivity index (χ3v) is 3.68. The minimum absolute atomic E-state index is 0. The maximum atomic E-state index is 12.4. The molecule has 0 fully saturated rings. The summed E-state index contributed by atoms with van der Waals surface area (Å²) in [6.45, 7) is 8.08. The third kappa shape index (κ3) is 10.3. The van der Waals surface area contributed by atoms with Crippen LogP contribution in [0.15, 0.2) is 23.3 Å². The molecule has 0 radical (unpaired) electrons. The summed E-state index contributed by atoms with van der Waals surface area (Å²) < 4.78 is 47.4. The van der Waals surface area contributed by atoms with Crippen molar-refractivity contribution in [3.05, 3.63) is 23.9 Å². The Morgan fingerprint density at radius 2 is 1.93 bits per heavy atom. The molecule has 0 bridgehead atoms. The zero-order chi connectivity index (χ0) is 20.5. The standard InChI is InChI=1S/C18H29F3N4O2.HI/c1-6-22-16(25-11-14(26-5)17(2,3)4)24-10-13-8-7-9-23-15(13)27-12-18(19,20)21;/h7-9,14H,6,10-12H2,1-5H3,(H2,22,24,25);1H. The fourth-order valence-electron chi connectivity index (χ4n) is 2.26. The number of hydrogen-bond donors (Lipinski definition) is 2. The molecule has 0 amide bonds. The van der Waals surface area contributed by atoms with Crippen LogP contribution in [-0.4, -0.2) is 50.0 Å². The van der Waals surface area contributed by atoms with Gasteiger partial charge in [0.25, 0.3) is 0 Å². The van der Waals surface area contributed by atoms with Gasteiger partial charge in [0.05, 0.1) is 12.6 Å². The molecule has 28 heavy (non-hydrogen) atoms. The Bertz CT molecular complexity index is 607. The summed E-state index contributed by atoms with van der Waals surface area (Å²) in [5.41, 5.74) is 0.416. The van der Waals surface area contributed by atoms with Gasteiger partial charge in [-0.3, -0.25) is 0 Å². The smallest absolute Gasteiger partial charge is 0.422 e. The van der Waals surface area contributed by atoms with Crippen molar-refractivity contribution in [3.8, 4) is 5.88 Å². The molecule has 1 aromatic rings. The van der Waals surface area contributed by atoms with E-state index in [4.69, 9.17) is 9.47 Å². The molecule has 6 nitrogen and oxygen atoms in total. The minimum atomic E-state index is -4.42. The molecule has 1 aromatic heterocycles. The van der Waals surface area contributed by atoms with Crippen molar-refractivity contribution in [2.75, 3.05) is 26.8 Å². The highest BCUT2D eigenvalue weighted by Gasteiger charge is 2.29. The van der Waals surface area contributed by atoms with Crippen molar-refractivity contribution in [1.29, 1.82) is 0 Å². The highest BCUT2D eigenvalue weighted by atomic mass is 127. The number of guanidine groups is 1. The highest BCUT2D eigenvalue weighted by molar-refractivity contribution is 14.0. The molecule has 0 aliphatic rings. The lowest BCUT2D eigenvalue weighted by Crippen LogP contribution is -2.45. The number of methoxy groups -OCH3 is 1. The zero-order valence-corrected chi connectivity index (χ0v) is 19.2. The van der Waals surface area contributed by atoms with Gasteiger partial charge in [-0.1, -0.05) is 26.8 Å². The maximum Gasteiger partial charge on any atom is 0.422 e. The Balaban J connectivity index is 0.00000729. The van der Waals surface area contributed by atoms with Crippen LogP contribution < -0.4 is 15.4 Å². The van der Waals surface area contributed by atoms with Crippen LogP contribution in [0.4, 0.5) is 13.2 Å². The summed E-state index contributed by atoms with van der Waals surface area (Å²) in [5.74, 6) is 0.466. The first-order chi connectivity index (χ1) is 12.6. The SMILES string of the molecule is CCNC(=NCc1cccnc1OCC(F)(F)F)NCC(OC)C(C)(C)C.I. The van der Waals surface area contributed by atoms with Crippen LogP contribution in [-0.2, 0) is 11.3 Å². The lowest BCUT2D eigenvalue weighted by molar-refractivity contribution is -0.154. The Morgan fingerprint density at radius 1 is 1.25 bits per heavy atom. The number of aliphatic imine (C=N–C) groups is 1. The van der Waals surface area contributed by atoms with E-state index in [9.17, 15) is 13.2 Å². The van der Waals surface area contributed by atoms with E-state index in [1.807, 2.05) is 6.92 Å². The topological polar surface area (TPSA) is 67.8 Å². The zero-order valence-electron chi connectivity index (χ0n) is 16.9. The number of hydrogen-bond acceptors (Lipinski definition) is 4. The Morgan fingerprint density at radius 3 is 2.46 bits per heavy atom. The van der Waals surface area contributed by atoms with Gasteiger partial charge in [0.15, 0.2) is 12.6 Å². The summed E-state index contributed by atoms with van der Waals surface area (Å²) in [5, 5.41) is 6.30. The third-order valence-electron chi connectivity index (χ3n) is 3.68. The van der Waals surface area contributed by atoms with Crippen LogP contribution in [0.2, 0.25) is 0 Å². The monoisotopic (exact) mass is 518 g/mol. The molecular weight excluding hydrogens is 488 g/mol. The average Bonchev–Trinajstić information content (AvgIpc) is 2.57. The molecule has 0 aliphatic heterocycles. The van der Waals surface area contributed by atoms with Crippen molar-refractivity contribution < 1.29 is 22.6 Å². The van der Waals surface area contributed by atoms with Gasteiger partial charge in [-0.05, 0) is 18.4 Å². The van der Waals surface area contributed by atoms with Gasteiger partial charge in [-0.15, -0.1) is 24.0 Å². The average molecular weight is 518 g/mol. The van der Waals surface area contributed by atoms with Gasteiger partial charge < -0.3 is 20.1 Å². The quantitative estimate of drug-likeness (QED) is 0.312. The van der Waals surface area contributed by atoms with Gasteiger partial charge in [-0.25, -0.2) is 9.98 Å². The first-order valence-corrected chi connectivity index (χ1v) is 8.75. The maximum absolute atomic E-state index is 12.4. The largest absolute Gasteiger partial charge is 0.468 e. The predicted octanol–water partition coefficient (Wildman–Crippen LogP) is 3.76. The molecule has 1 heterocycles. The molecular formula is C18H30F3IN4O2. The molecule has 1 atom stereocenters. The van der Waals surface area contributed by atoms with E-state index in [-0.39, 0.29) is 47.9 Å². The van der Waals surface area contributed by atoms with Crippen LogP contribution in [0.3, 0.4) is 0 Å². The lowest BCUT2D eigenvalue weighted by Gasteiger charge is -2.30. The van der Waals surface area contributed by atoms with E-state index in [0.717, 1.165) is 0 Å². The van der Waals surface area contributed by atoms with Crippen molar-refractivity contribution in [2.24, 2.45) is 10.4 Å². The van der Waals surface area contributed by atoms with Crippen molar-refractivity contribution in [3.63, 3.8) is 0 Å². The van der Waals surface area contributed by atoms with Gasteiger partial charge in [0.1, 0.15) is 0 Å². The predicted molar refractivity (Wildman–Crippen MR) is 114 cm³/mol. The molecule has 0 aromatic carbocycles. The number of halogens is 4. The molecule has 1 unspecified atom stereocenters. The van der Waals surface area contributed by atoms with E-state index < -0.39 is 12.8 Å². The van der Waals surface area contributed by atoms with E-state index >= 15 is 0 Å². The number of ether oxygens (including phenoxy) is 2. The number of aromatic nitrogens is 1. The van der Waals surface area contributed by atoms with Gasteiger partial charge >= 0.3 is 6.18 Å². The summed E-state index contributed by atoms with van der Waals surface area (Å²) in [4.78, 5) is 8.29. The summed E-state index contributed by atoms with van der Waals surface area (Å²) >= 11 is 0. The van der Waals surface area contributed by atoms with Gasteiger partial charge in [0, 0.05) is 32.0 Å². The van der Waals surface area contributed by atoms with Crippen LogP contribution in [0.1, 0.15) is 33.3 Å². The molecule has 2 N–H and O–H groups in total. The number of nitrogens with one attached hydrogen (secondary N) is 2. The van der Waals surface area contributed by atoms with Gasteiger partial charge in [-0.2, -0.15) is 13.2 Å². The van der Waals surface area contributed by atoms with E-state index in [2.05, 4.69) is 41.4 Å². The Labute approximate surface area is 181 Å². The summed E-state index contributed by atoms with van der Waals surface area (Å²) in [6, 6.07) is 3.27. The lowest BCUT2D eigenvalue weighted by atomic mass is 9.89. The summed E-state index contributed by atoms with van der Waals surface area (Å²) in [7, 11) is 1.65.